The number of hydrogen-bond donors (Lipinski definition) is 1. The van der Waals surface area contributed by atoms with Crippen LogP contribution in [0.15, 0.2) is 0 Å². The van der Waals surface area contributed by atoms with Gasteiger partial charge in [0.2, 0.25) is 5.91 Å². The average Bonchev–Trinajstić information content (AvgIpc) is 2.15. The number of thioether (sulfide) groups is 1. The highest BCUT2D eigenvalue weighted by molar-refractivity contribution is 8.00. The third-order valence-corrected chi connectivity index (χ3v) is 3.45. The van der Waals surface area contributed by atoms with Gasteiger partial charge in [0, 0.05) is 24.9 Å². The van der Waals surface area contributed by atoms with Crippen LogP contribution in [0.4, 0.5) is 0 Å². The summed E-state index contributed by atoms with van der Waals surface area (Å²) in [6.45, 7) is 9.50. The molecule has 0 rings (SSSR count). The second kappa shape index (κ2) is 7.12. The van der Waals surface area contributed by atoms with Gasteiger partial charge in [-0.3, -0.25) is 4.79 Å². The summed E-state index contributed by atoms with van der Waals surface area (Å²) in [7, 11) is 0. The maximum atomic E-state index is 11.8. The lowest BCUT2D eigenvalue weighted by Crippen LogP contribution is -2.37. The molecule has 0 aliphatic rings. The fraction of sp³-hybridized carbons (Fsp3) is 0.900. The molecule has 0 radical (unpaired) electrons. The van der Waals surface area contributed by atoms with Crippen molar-refractivity contribution in [3.05, 3.63) is 0 Å². The van der Waals surface area contributed by atoms with Gasteiger partial charge in [-0.1, -0.05) is 0 Å². The van der Waals surface area contributed by atoms with Gasteiger partial charge < -0.3 is 10.6 Å². The van der Waals surface area contributed by atoms with Crippen LogP contribution in [0.3, 0.4) is 0 Å². The van der Waals surface area contributed by atoms with Gasteiger partial charge in [-0.25, -0.2) is 0 Å². The van der Waals surface area contributed by atoms with Crippen LogP contribution in [0.2, 0.25) is 0 Å². The third-order valence-electron chi connectivity index (χ3n) is 2.03. The monoisotopic (exact) mass is 218 g/mol. The number of nitrogens with two attached hydrogens (primary N) is 1. The molecule has 2 atom stereocenters. The summed E-state index contributed by atoms with van der Waals surface area (Å²) >= 11 is 1.64. The van der Waals surface area contributed by atoms with Gasteiger partial charge in [-0.2, -0.15) is 0 Å². The molecule has 0 spiro atoms. The lowest BCUT2D eigenvalue weighted by molar-refractivity contribution is -0.129. The van der Waals surface area contributed by atoms with E-state index in [0.717, 1.165) is 18.8 Å². The highest BCUT2D eigenvalue weighted by atomic mass is 32.2. The van der Waals surface area contributed by atoms with E-state index >= 15 is 0 Å². The Hall–Kier alpha value is -0.220. The standard InChI is InChI=1S/C10H22N2OS/c1-5-12(6-2)10(13)9(4)14-7-8(3)11/h8-9H,5-7,11H2,1-4H3. The first-order valence-electron chi connectivity index (χ1n) is 5.18. The molecule has 0 aromatic heterocycles. The SMILES string of the molecule is CCN(CC)C(=O)C(C)SCC(C)N. The lowest BCUT2D eigenvalue weighted by Gasteiger charge is -2.22. The molecule has 14 heavy (non-hydrogen) atoms. The molecular weight excluding hydrogens is 196 g/mol. The largest absolute Gasteiger partial charge is 0.342 e. The number of rotatable bonds is 6. The van der Waals surface area contributed by atoms with Gasteiger partial charge in [0.05, 0.1) is 5.25 Å². The molecule has 0 aromatic rings. The smallest absolute Gasteiger partial charge is 0.235 e. The summed E-state index contributed by atoms with van der Waals surface area (Å²) in [5.74, 6) is 1.06. The van der Waals surface area contributed by atoms with Crippen molar-refractivity contribution in [2.45, 2.75) is 39.0 Å². The quantitative estimate of drug-likeness (QED) is 0.731. The normalized spacial score (nSPS) is 14.9. The van der Waals surface area contributed by atoms with Crippen LogP contribution in [0, 0.1) is 0 Å². The van der Waals surface area contributed by atoms with Gasteiger partial charge in [-0.15, -0.1) is 11.8 Å². The Morgan fingerprint density at radius 3 is 2.21 bits per heavy atom. The van der Waals surface area contributed by atoms with Crippen LogP contribution in [0.1, 0.15) is 27.7 Å². The number of carbonyl (C=O) groups excluding carboxylic acids is 1. The lowest BCUT2D eigenvalue weighted by atomic mass is 10.4. The highest BCUT2D eigenvalue weighted by Gasteiger charge is 2.18. The van der Waals surface area contributed by atoms with Crippen LogP contribution < -0.4 is 5.73 Å². The predicted molar refractivity (Wildman–Crippen MR) is 63.5 cm³/mol. The Balaban J connectivity index is 3.97. The molecule has 0 aliphatic heterocycles. The summed E-state index contributed by atoms with van der Waals surface area (Å²) in [6, 6.07) is 0.159. The van der Waals surface area contributed by atoms with Crippen LogP contribution in [0.5, 0.6) is 0 Å². The molecule has 0 fully saturated rings. The number of hydrogen-bond acceptors (Lipinski definition) is 3. The van der Waals surface area contributed by atoms with E-state index < -0.39 is 0 Å². The Morgan fingerprint density at radius 2 is 1.86 bits per heavy atom. The average molecular weight is 218 g/mol. The second-order valence-electron chi connectivity index (χ2n) is 3.46. The molecule has 0 aliphatic carbocycles. The minimum absolute atomic E-state index is 0.0286. The number of carbonyl (C=O) groups is 1. The van der Waals surface area contributed by atoms with Gasteiger partial charge in [-0.05, 0) is 27.7 Å². The zero-order valence-corrected chi connectivity index (χ0v) is 10.4. The van der Waals surface area contributed by atoms with Gasteiger partial charge in [0.1, 0.15) is 0 Å². The van der Waals surface area contributed by atoms with Crippen molar-refractivity contribution in [2.75, 3.05) is 18.8 Å². The van der Waals surface area contributed by atoms with E-state index in [4.69, 9.17) is 5.73 Å². The Bertz CT molecular complexity index is 170. The van der Waals surface area contributed by atoms with E-state index in [0.29, 0.717) is 0 Å². The highest BCUT2D eigenvalue weighted by Crippen LogP contribution is 2.13. The minimum atomic E-state index is 0.0286. The molecular formula is C10H22N2OS. The first kappa shape index (κ1) is 13.8. The van der Waals surface area contributed by atoms with Gasteiger partial charge in [0.15, 0.2) is 0 Å². The summed E-state index contributed by atoms with van der Waals surface area (Å²) in [4.78, 5) is 13.6. The molecule has 1 amide bonds. The van der Waals surface area contributed by atoms with E-state index in [1.54, 1.807) is 11.8 Å². The summed E-state index contributed by atoms with van der Waals surface area (Å²) in [6.07, 6.45) is 0. The van der Waals surface area contributed by atoms with E-state index in [1.165, 1.54) is 0 Å². The Morgan fingerprint density at radius 1 is 1.36 bits per heavy atom. The van der Waals surface area contributed by atoms with Crippen molar-refractivity contribution in [3.63, 3.8) is 0 Å². The third kappa shape index (κ3) is 4.86. The first-order chi connectivity index (χ1) is 6.52. The fourth-order valence-electron chi connectivity index (χ4n) is 1.16. The van der Waals surface area contributed by atoms with E-state index in [1.807, 2.05) is 32.6 Å². The van der Waals surface area contributed by atoms with Crippen molar-refractivity contribution in [1.29, 1.82) is 0 Å². The molecule has 0 saturated carbocycles. The molecule has 84 valence electrons. The number of amides is 1. The molecule has 2 N–H and O–H groups in total. The van der Waals surface area contributed by atoms with E-state index in [2.05, 4.69) is 0 Å². The van der Waals surface area contributed by atoms with Crippen molar-refractivity contribution in [3.8, 4) is 0 Å². The molecule has 4 heteroatoms. The molecule has 0 aromatic carbocycles. The topological polar surface area (TPSA) is 46.3 Å². The zero-order valence-electron chi connectivity index (χ0n) is 9.62. The molecule has 2 unspecified atom stereocenters. The van der Waals surface area contributed by atoms with E-state index in [-0.39, 0.29) is 17.2 Å². The minimum Gasteiger partial charge on any atom is -0.342 e. The van der Waals surface area contributed by atoms with Crippen LogP contribution in [0.25, 0.3) is 0 Å². The fourth-order valence-corrected chi connectivity index (χ4v) is 2.04. The maximum absolute atomic E-state index is 11.8. The summed E-state index contributed by atoms with van der Waals surface area (Å²) in [5, 5.41) is 0.0286. The maximum Gasteiger partial charge on any atom is 0.235 e. The molecule has 3 nitrogen and oxygen atoms in total. The van der Waals surface area contributed by atoms with Crippen LogP contribution >= 0.6 is 11.8 Å². The van der Waals surface area contributed by atoms with E-state index in [9.17, 15) is 4.79 Å². The molecule has 0 saturated heterocycles. The van der Waals surface area contributed by atoms with Crippen molar-refractivity contribution >= 4 is 17.7 Å². The Labute approximate surface area is 91.4 Å². The van der Waals surface area contributed by atoms with Crippen molar-refractivity contribution < 1.29 is 4.79 Å². The molecule has 0 heterocycles. The summed E-state index contributed by atoms with van der Waals surface area (Å²) < 4.78 is 0. The number of nitrogens with zero attached hydrogens (tertiary/aromatic N) is 1. The molecule has 0 bridgehead atoms. The second-order valence-corrected chi connectivity index (χ2v) is 4.84. The first-order valence-corrected chi connectivity index (χ1v) is 6.23. The van der Waals surface area contributed by atoms with Gasteiger partial charge >= 0.3 is 0 Å². The van der Waals surface area contributed by atoms with Crippen molar-refractivity contribution in [2.24, 2.45) is 5.73 Å². The van der Waals surface area contributed by atoms with Crippen molar-refractivity contribution in [1.82, 2.24) is 4.90 Å². The summed E-state index contributed by atoms with van der Waals surface area (Å²) in [5.41, 5.74) is 5.64. The predicted octanol–water partition coefficient (Wildman–Crippen LogP) is 1.32. The van der Waals surface area contributed by atoms with Gasteiger partial charge in [0.25, 0.3) is 0 Å². The Kier molecular flexibility index (Phi) is 7.01. The van der Waals surface area contributed by atoms with Crippen LogP contribution in [-0.2, 0) is 4.79 Å². The van der Waals surface area contributed by atoms with Crippen LogP contribution in [-0.4, -0.2) is 40.9 Å². The zero-order chi connectivity index (χ0) is 11.1.